The van der Waals surface area contributed by atoms with Crippen LogP contribution in [0.3, 0.4) is 0 Å². The summed E-state index contributed by atoms with van der Waals surface area (Å²) in [6.45, 7) is 7.27. The predicted molar refractivity (Wildman–Crippen MR) is 73.3 cm³/mol. The Hall–Kier alpha value is -1.35. The van der Waals surface area contributed by atoms with Gasteiger partial charge < -0.3 is 4.57 Å². The predicted octanol–water partition coefficient (Wildman–Crippen LogP) is 3.22. The lowest BCUT2D eigenvalue weighted by Crippen LogP contribution is -2.18. The van der Waals surface area contributed by atoms with Crippen LogP contribution in [0.5, 0.6) is 0 Å². The number of benzene rings is 1. The van der Waals surface area contributed by atoms with Crippen LogP contribution in [0.25, 0.3) is 0 Å². The van der Waals surface area contributed by atoms with Gasteiger partial charge in [0.25, 0.3) is 0 Å². The first-order chi connectivity index (χ1) is 8.16. The maximum Gasteiger partial charge on any atom is 0.185 e. The Morgan fingerprint density at radius 2 is 1.94 bits per heavy atom. The monoisotopic (exact) mass is 246 g/mol. The number of hydrogen-bond acceptors (Lipinski definition) is 2. The van der Waals surface area contributed by atoms with Crippen molar-refractivity contribution in [1.82, 2.24) is 4.57 Å². The highest BCUT2D eigenvalue weighted by molar-refractivity contribution is 7.07. The minimum atomic E-state index is 0.343. The molecule has 0 saturated heterocycles. The zero-order chi connectivity index (χ0) is 12.3. The second-order valence-electron chi connectivity index (χ2n) is 4.45. The van der Waals surface area contributed by atoms with E-state index in [4.69, 9.17) is 0 Å². The van der Waals surface area contributed by atoms with Gasteiger partial charge in [-0.05, 0) is 26.3 Å². The van der Waals surface area contributed by atoms with Crippen molar-refractivity contribution in [1.29, 1.82) is 0 Å². The Kier molecular flexibility index (Phi) is 3.79. The first kappa shape index (κ1) is 12.1. The topological polar surface area (TPSA) is 17.3 Å². The van der Waals surface area contributed by atoms with Crippen molar-refractivity contribution in [2.45, 2.75) is 33.4 Å². The molecule has 0 aliphatic carbocycles. The van der Waals surface area contributed by atoms with Crippen molar-refractivity contribution in [2.75, 3.05) is 0 Å². The molecule has 0 saturated carbocycles. The highest BCUT2D eigenvalue weighted by Gasteiger charge is 2.02. The highest BCUT2D eigenvalue weighted by atomic mass is 32.1. The third-order valence-corrected chi connectivity index (χ3v) is 3.54. The van der Waals surface area contributed by atoms with Crippen molar-refractivity contribution >= 4 is 11.3 Å². The molecular weight excluding hydrogens is 228 g/mol. The molecule has 0 fully saturated rings. The van der Waals surface area contributed by atoms with E-state index in [1.807, 2.05) is 6.07 Å². The average Bonchev–Trinajstić information content (AvgIpc) is 2.62. The Balaban J connectivity index is 2.36. The number of hydrogen-bond donors (Lipinski definition) is 0. The zero-order valence-electron chi connectivity index (χ0n) is 10.6. The molecule has 0 spiro atoms. The van der Waals surface area contributed by atoms with Gasteiger partial charge in [-0.3, -0.25) is 4.99 Å². The second-order valence-corrected chi connectivity index (χ2v) is 5.29. The molecule has 0 bridgehead atoms. The summed E-state index contributed by atoms with van der Waals surface area (Å²) in [5.74, 6) is 0. The molecule has 0 unspecified atom stereocenters. The van der Waals surface area contributed by atoms with Crippen molar-refractivity contribution < 1.29 is 0 Å². The minimum Gasteiger partial charge on any atom is -0.317 e. The quantitative estimate of drug-likeness (QED) is 0.791. The van der Waals surface area contributed by atoms with Crippen LogP contribution in [-0.4, -0.2) is 10.6 Å². The first-order valence-corrected chi connectivity index (χ1v) is 6.77. The van der Waals surface area contributed by atoms with Gasteiger partial charge in [-0.1, -0.05) is 30.3 Å². The van der Waals surface area contributed by atoms with Gasteiger partial charge in [0, 0.05) is 17.1 Å². The average molecular weight is 246 g/mol. The maximum atomic E-state index is 4.66. The molecule has 1 aromatic heterocycles. The van der Waals surface area contributed by atoms with Crippen LogP contribution < -0.4 is 4.80 Å². The van der Waals surface area contributed by atoms with Crippen LogP contribution in [-0.2, 0) is 6.54 Å². The highest BCUT2D eigenvalue weighted by Crippen LogP contribution is 2.06. The molecule has 0 radical (unpaired) electrons. The van der Waals surface area contributed by atoms with Gasteiger partial charge in [0.1, 0.15) is 0 Å². The number of aryl methyl sites for hydroxylation is 1. The molecule has 2 aromatic rings. The molecule has 1 heterocycles. The van der Waals surface area contributed by atoms with Crippen LogP contribution >= 0.6 is 11.3 Å². The van der Waals surface area contributed by atoms with Gasteiger partial charge in [0.15, 0.2) is 4.80 Å². The number of thiazole rings is 1. The summed E-state index contributed by atoms with van der Waals surface area (Å²) in [5.41, 5.74) is 2.59. The van der Waals surface area contributed by atoms with Gasteiger partial charge in [-0.15, -0.1) is 11.3 Å². The second kappa shape index (κ2) is 5.32. The molecule has 0 aliphatic rings. The van der Waals surface area contributed by atoms with Crippen molar-refractivity contribution in [3.8, 4) is 0 Å². The van der Waals surface area contributed by atoms with E-state index in [2.05, 4.69) is 60.0 Å². The molecule has 0 atom stereocenters. The molecular formula is C14H18N2S. The fourth-order valence-corrected chi connectivity index (χ4v) is 2.71. The van der Waals surface area contributed by atoms with Crippen molar-refractivity contribution in [2.24, 2.45) is 4.99 Å². The maximum absolute atomic E-state index is 4.66. The number of rotatable bonds is 3. The van der Waals surface area contributed by atoms with Gasteiger partial charge >= 0.3 is 0 Å². The van der Waals surface area contributed by atoms with Crippen molar-refractivity contribution in [3.63, 3.8) is 0 Å². The Bertz CT molecular complexity index is 535. The van der Waals surface area contributed by atoms with Gasteiger partial charge in [-0.25, -0.2) is 0 Å². The molecule has 0 N–H and O–H groups in total. The minimum absolute atomic E-state index is 0.343. The van der Waals surface area contributed by atoms with E-state index in [1.165, 1.54) is 11.3 Å². The van der Waals surface area contributed by atoms with Gasteiger partial charge in [-0.2, -0.15) is 0 Å². The van der Waals surface area contributed by atoms with E-state index < -0.39 is 0 Å². The van der Waals surface area contributed by atoms with Crippen LogP contribution in [0.15, 0.2) is 40.7 Å². The van der Waals surface area contributed by atoms with E-state index >= 15 is 0 Å². The fraction of sp³-hybridized carbons (Fsp3) is 0.357. The molecule has 17 heavy (non-hydrogen) atoms. The van der Waals surface area contributed by atoms with Crippen LogP contribution in [0.1, 0.15) is 25.1 Å². The van der Waals surface area contributed by atoms with E-state index in [0.717, 1.165) is 11.3 Å². The third-order valence-electron chi connectivity index (χ3n) is 2.54. The van der Waals surface area contributed by atoms with Crippen LogP contribution in [0, 0.1) is 6.92 Å². The summed E-state index contributed by atoms with van der Waals surface area (Å²) in [4.78, 5) is 5.77. The number of nitrogens with zero attached hydrogens (tertiary/aromatic N) is 2. The molecule has 2 nitrogen and oxygen atoms in total. The summed E-state index contributed by atoms with van der Waals surface area (Å²) < 4.78 is 2.28. The molecule has 3 heteroatoms. The standard InChI is InChI=1S/C14H18N2S/c1-11(2)15-14-16(12(3)10-17-14)9-13-7-5-4-6-8-13/h4-8,10-11H,9H2,1-3H3. The molecule has 90 valence electrons. The largest absolute Gasteiger partial charge is 0.317 e. The molecule has 2 rings (SSSR count). The van der Waals surface area contributed by atoms with Crippen molar-refractivity contribution in [3.05, 3.63) is 51.8 Å². The smallest absolute Gasteiger partial charge is 0.185 e. The number of aromatic nitrogens is 1. The van der Waals surface area contributed by atoms with Gasteiger partial charge in [0.05, 0.1) is 6.54 Å². The fourth-order valence-electron chi connectivity index (χ4n) is 1.70. The Morgan fingerprint density at radius 3 is 2.59 bits per heavy atom. The first-order valence-electron chi connectivity index (χ1n) is 5.89. The normalized spacial score (nSPS) is 12.4. The van der Waals surface area contributed by atoms with E-state index in [1.54, 1.807) is 11.3 Å². The van der Waals surface area contributed by atoms with E-state index in [-0.39, 0.29) is 0 Å². The van der Waals surface area contributed by atoms with E-state index in [0.29, 0.717) is 6.04 Å². The summed E-state index contributed by atoms with van der Waals surface area (Å²) in [6, 6.07) is 10.9. The van der Waals surface area contributed by atoms with Gasteiger partial charge in [0.2, 0.25) is 0 Å². The molecule has 0 aliphatic heterocycles. The zero-order valence-corrected chi connectivity index (χ0v) is 11.4. The summed E-state index contributed by atoms with van der Waals surface area (Å²) in [5, 5.41) is 2.17. The van der Waals surface area contributed by atoms with Crippen LogP contribution in [0.4, 0.5) is 0 Å². The van der Waals surface area contributed by atoms with Crippen LogP contribution in [0.2, 0.25) is 0 Å². The Morgan fingerprint density at radius 1 is 1.24 bits per heavy atom. The Labute approximate surface area is 106 Å². The van der Waals surface area contributed by atoms with E-state index in [9.17, 15) is 0 Å². The lowest BCUT2D eigenvalue weighted by molar-refractivity contribution is 0.702. The third kappa shape index (κ3) is 3.07. The summed E-state index contributed by atoms with van der Waals surface area (Å²) >= 11 is 1.72. The SMILES string of the molecule is Cc1csc(=NC(C)C)n1Cc1ccccc1. The summed E-state index contributed by atoms with van der Waals surface area (Å²) in [6.07, 6.45) is 0. The molecule has 1 aromatic carbocycles. The summed E-state index contributed by atoms with van der Waals surface area (Å²) in [7, 11) is 0. The lowest BCUT2D eigenvalue weighted by atomic mass is 10.2. The molecule has 0 amide bonds. The lowest BCUT2D eigenvalue weighted by Gasteiger charge is -2.06.